The van der Waals surface area contributed by atoms with Crippen LogP contribution in [0.5, 0.6) is 0 Å². The van der Waals surface area contributed by atoms with E-state index in [4.69, 9.17) is 16.0 Å². The Morgan fingerprint density at radius 1 is 1.21 bits per heavy atom. The Morgan fingerprint density at radius 3 is 2.71 bits per heavy atom. The molecule has 0 aliphatic rings. The molecule has 2 heterocycles. The molecule has 1 aromatic carbocycles. The first-order valence-corrected chi connectivity index (χ1v) is 9.31. The molecule has 2 aromatic heterocycles. The zero-order valence-electron chi connectivity index (χ0n) is 12.7. The van der Waals surface area contributed by atoms with Gasteiger partial charge in [0.15, 0.2) is 0 Å². The lowest BCUT2D eigenvalue weighted by molar-refractivity contribution is 0.402. The summed E-state index contributed by atoms with van der Waals surface area (Å²) in [6.07, 6.45) is 4.94. The smallest absolute Gasteiger partial charge is 0.215 e. The molecule has 3 rings (SSSR count). The first-order valence-electron chi connectivity index (χ1n) is 7.28. The molecule has 1 atom stereocenters. The molecule has 126 valence electrons. The van der Waals surface area contributed by atoms with Gasteiger partial charge in [0.1, 0.15) is 11.8 Å². The van der Waals surface area contributed by atoms with Crippen LogP contribution in [0.4, 0.5) is 0 Å². The summed E-state index contributed by atoms with van der Waals surface area (Å²) in [6, 6.07) is 11.8. The summed E-state index contributed by atoms with van der Waals surface area (Å²) >= 11 is 6.03. The molecule has 6 nitrogen and oxygen atoms in total. The standard InChI is InChI=1S/C16H16ClN3O3S/c17-14-6-2-1-5-13(14)12-24(21,22)19-11-15(16-7-3-10-23-16)20-9-4-8-18-20/h1-10,15,19H,11-12H2. The molecule has 0 spiro atoms. The molecule has 0 bridgehead atoms. The minimum Gasteiger partial charge on any atom is -0.467 e. The van der Waals surface area contributed by atoms with Gasteiger partial charge in [0.2, 0.25) is 10.0 Å². The Bertz CT molecular complexity index is 843. The quantitative estimate of drug-likeness (QED) is 0.698. The van der Waals surface area contributed by atoms with E-state index in [0.29, 0.717) is 16.3 Å². The number of hydrogen-bond donors (Lipinski definition) is 1. The van der Waals surface area contributed by atoms with Crippen molar-refractivity contribution in [3.8, 4) is 0 Å². The topological polar surface area (TPSA) is 77.1 Å². The first-order chi connectivity index (χ1) is 11.6. The number of hydrogen-bond acceptors (Lipinski definition) is 4. The van der Waals surface area contributed by atoms with E-state index in [1.807, 2.05) is 0 Å². The highest BCUT2D eigenvalue weighted by Crippen LogP contribution is 2.19. The predicted octanol–water partition coefficient (Wildman–Crippen LogP) is 2.84. The van der Waals surface area contributed by atoms with Crippen molar-refractivity contribution in [2.75, 3.05) is 6.54 Å². The maximum atomic E-state index is 12.4. The van der Waals surface area contributed by atoms with Gasteiger partial charge in [-0.2, -0.15) is 5.10 Å². The first kappa shape index (κ1) is 16.8. The fourth-order valence-corrected chi connectivity index (χ4v) is 3.80. The van der Waals surface area contributed by atoms with Gasteiger partial charge < -0.3 is 4.42 Å². The molecule has 0 radical (unpaired) electrons. The van der Waals surface area contributed by atoms with Crippen LogP contribution in [-0.4, -0.2) is 24.7 Å². The van der Waals surface area contributed by atoms with Crippen molar-refractivity contribution in [1.29, 1.82) is 0 Å². The summed E-state index contributed by atoms with van der Waals surface area (Å²) < 4.78 is 34.4. The maximum absolute atomic E-state index is 12.4. The van der Waals surface area contributed by atoms with Crippen LogP contribution in [0, 0.1) is 0 Å². The van der Waals surface area contributed by atoms with E-state index in [9.17, 15) is 8.42 Å². The third-order valence-electron chi connectivity index (χ3n) is 3.52. The van der Waals surface area contributed by atoms with Crippen molar-refractivity contribution in [3.63, 3.8) is 0 Å². The Hall–Kier alpha value is -2.09. The zero-order valence-corrected chi connectivity index (χ0v) is 14.2. The van der Waals surface area contributed by atoms with Crippen LogP contribution in [0.2, 0.25) is 5.02 Å². The molecule has 0 amide bonds. The van der Waals surface area contributed by atoms with Gasteiger partial charge in [-0.3, -0.25) is 4.68 Å². The molecule has 24 heavy (non-hydrogen) atoms. The van der Waals surface area contributed by atoms with Gasteiger partial charge >= 0.3 is 0 Å². The molecular formula is C16H16ClN3O3S. The number of furan rings is 1. The number of sulfonamides is 1. The lowest BCUT2D eigenvalue weighted by Crippen LogP contribution is -2.32. The van der Waals surface area contributed by atoms with Gasteiger partial charge in [-0.15, -0.1) is 0 Å². The average Bonchev–Trinajstić information content (AvgIpc) is 3.23. The molecule has 1 unspecified atom stereocenters. The second-order valence-corrected chi connectivity index (χ2v) is 7.43. The van der Waals surface area contributed by atoms with Crippen molar-refractivity contribution in [3.05, 3.63) is 77.5 Å². The molecule has 0 saturated heterocycles. The highest BCUT2D eigenvalue weighted by Gasteiger charge is 2.21. The van der Waals surface area contributed by atoms with Crippen LogP contribution in [0.25, 0.3) is 0 Å². The van der Waals surface area contributed by atoms with E-state index in [1.165, 1.54) is 0 Å². The van der Waals surface area contributed by atoms with Gasteiger partial charge in [-0.25, -0.2) is 13.1 Å². The van der Waals surface area contributed by atoms with E-state index in [0.717, 1.165) is 0 Å². The largest absolute Gasteiger partial charge is 0.467 e. The van der Waals surface area contributed by atoms with Gasteiger partial charge in [-0.05, 0) is 29.8 Å². The van der Waals surface area contributed by atoms with Crippen LogP contribution in [0.3, 0.4) is 0 Å². The summed E-state index contributed by atoms with van der Waals surface area (Å²) in [7, 11) is -3.55. The van der Waals surface area contributed by atoms with Crippen molar-refractivity contribution in [2.45, 2.75) is 11.8 Å². The third-order valence-corrected chi connectivity index (χ3v) is 5.18. The fourth-order valence-electron chi connectivity index (χ4n) is 2.35. The van der Waals surface area contributed by atoms with Crippen molar-refractivity contribution in [2.24, 2.45) is 0 Å². The van der Waals surface area contributed by atoms with E-state index in [-0.39, 0.29) is 18.3 Å². The number of nitrogens with zero attached hydrogens (tertiary/aromatic N) is 2. The zero-order chi connectivity index (χ0) is 17.0. The van der Waals surface area contributed by atoms with E-state index in [2.05, 4.69) is 9.82 Å². The Kier molecular flexibility index (Phi) is 5.03. The van der Waals surface area contributed by atoms with Crippen LogP contribution in [0.1, 0.15) is 17.4 Å². The lowest BCUT2D eigenvalue weighted by Gasteiger charge is -2.16. The Labute approximate surface area is 145 Å². The normalized spacial score (nSPS) is 13.0. The SMILES string of the molecule is O=S(=O)(Cc1ccccc1Cl)NCC(c1ccco1)n1cccn1. The minimum absolute atomic E-state index is 0.127. The summed E-state index contributed by atoms with van der Waals surface area (Å²) in [5, 5.41) is 4.60. The highest BCUT2D eigenvalue weighted by atomic mass is 35.5. The molecule has 0 aliphatic carbocycles. The number of aromatic nitrogens is 2. The summed E-state index contributed by atoms with van der Waals surface area (Å²) in [4.78, 5) is 0. The van der Waals surface area contributed by atoms with Crippen molar-refractivity contribution in [1.82, 2.24) is 14.5 Å². The molecule has 8 heteroatoms. The van der Waals surface area contributed by atoms with E-state index in [1.54, 1.807) is 65.8 Å². The molecule has 0 fully saturated rings. The Morgan fingerprint density at radius 2 is 2.04 bits per heavy atom. The van der Waals surface area contributed by atoms with E-state index < -0.39 is 10.0 Å². The minimum atomic E-state index is -3.55. The summed E-state index contributed by atoms with van der Waals surface area (Å²) in [5.41, 5.74) is 0.556. The molecular weight excluding hydrogens is 350 g/mol. The van der Waals surface area contributed by atoms with Crippen LogP contribution >= 0.6 is 11.6 Å². The molecule has 3 aromatic rings. The number of rotatable bonds is 7. The molecule has 1 N–H and O–H groups in total. The fraction of sp³-hybridized carbons (Fsp3) is 0.188. The lowest BCUT2D eigenvalue weighted by atomic mass is 10.2. The van der Waals surface area contributed by atoms with Gasteiger partial charge in [-0.1, -0.05) is 29.8 Å². The van der Waals surface area contributed by atoms with Crippen LogP contribution in [0.15, 0.2) is 65.5 Å². The van der Waals surface area contributed by atoms with Gasteiger partial charge in [0.05, 0.1) is 12.0 Å². The third kappa shape index (κ3) is 4.05. The second kappa shape index (κ2) is 7.21. The van der Waals surface area contributed by atoms with Crippen molar-refractivity contribution < 1.29 is 12.8 Å². The van der Waals surface area contributed by atoms with Crippen LogP contribution in [-0.2, 0) is 15.8 Å². The molecule has 0 saturated carbocycles. The van der Waals surface area contributed by atoms with Gasteiger partial charge in [0, 0.05) is 24.0 Å². The molecule has 0 aliphatic heterocycles. The summed E-state index contributed by atoms with van der Waals surface area (Å²) in [5.74, 6) is 0.440. The second-order valence-electron chi connectivity index (χ2n) is 5.22. The van der Waals surface area contributed by atoms with Crippen LogP contribution < -0.4 is 4.72 Å². The number of nitrogens with one attached hydrogen (secondary N) is 1. The maximum Gasteiger partial charge on any atom is 0.215 e. The number of halogens is 1. The monoisotopic (exact) mass is 365 g/mol. The predicted molar refractivity (Wildman–Crippen MR) is 91.2 cm³/mol. The average molecular weight is 366 g/mol. The van der Waals surface area contributed by atoms with Crippen molar-refractivity contribution >= 4 is 21.6 Å². The Balaban J connectivity index is 1.73. The highest BCUT2D eigenvalue weighted by molar-refractivity contribution is 7.88. The van der Waals surface area contributed by atoms with Gasteiger partial charge in [0.25, 0.3) is 0 Å². The van der Waals surface area contributed by atoms with E-state index >= 15 is 0 Å². The summed E-state index contributed by atoms with van der Waals surface area (Å²) in [6.45, 7) is 0.127. The number of benzene rings is 1.